The second-order valence-corrected chi connectivity index (χ2v) is 8.88. The summed E-state index contributed by atoms with van der Waals surface area (Å²) in [6, 6.07) is 4.06. The normalized spacial score (nSPS) is 24.2. The number of amides is 1. The van der Waals surface area contributed by atoms with Crippen LogP contribution in [0.2, 0.25) is 0 Å². The summed E-state index contributed by atoms with van der Waals surface area (Å²) in [5, 5.41) is 3.11. The Kier molecular flexibility index (Phi) is 6.72. The highest BCUT2D eigenvalue weighted by Gasteiger charge is 2.28. The molecule has 6 heteroatoms. The summed E-state index contributed by atoms with van der Waals surface area (Å²) in [6.45, 7) is 5.74. The van der Waals surface area contributed by atoms with Crippen LogP contribution < -0.4 is 5.32 Å². The standard InChI is InChI=1S/C24H32N4O2/c1-16(2)23-26-15-20(18-9-11-25-12-10-18)22(28-23)19-7-5-17(6-8-19)14-27-24(29)21-4-3-13-30-21/h9-12,15-17,19,21H,3-8,13-14H2,1-2H3,(H,27,29)/t17?,19?,21-/m0/s1. The van der Waals surface area contributed by atoms with E-state index in [9.17, 15) is 4.79 Å². The van der Waals surface area contributed by atoms with Crippen molar-refractivity contribution in [2.24, 2.45) is 5.92 Å². The summed E-state index contributed by atoms with van der Waals surface area (Å²) < 4.78 is 5.48. The topological polar surface area (TPSA) is 77.0 Å². The number of carbonyl (C=O) groups excluding carboxylic acids is 1. The second kappa shape index (κ2) is 9.65. The molecule has 2 aliphatic rings. The van der Waals surface area contributed by atoms with Gasteiger partial charge in [0.25, 0.3) is 0 Å². The molecule has 1 saturated carbocycles. The van der Waals surface area contributed by atoms with Crippen molar-refractivity contribution in [1.82, 2.24) is 20.3 Å². The van der Waals surface area contributed by atoms with Gasteiger partial charge in [-0.3, -0.25) is 9.78 Å². The summed E-state index contributed by atoms with van der Waals surface area (Å²) in [4.78, 5) is 26.0. The fourth-order valence-corrected chi connectivity index (χ4v) is 4.54. The van der Waals surface area contributed by atoms with Crippen LogP contribution in [-0.4, -0.2) is 40.1 Å². The maximum absolute atomic E-state index is 12.2. The van der Waals surface area contributed by atoms with Crippen LogP contribution in [0.3, 0.4) is 0 Å². The van der Waals surface area contributed by atoms with Gasteiger partial charge >= 0.3 is 0 Å². The third-order valence-corrected chi connectivity index (χ3v) is 6.37. The van der Waals surface area contributed by atoms with Gasteiger partial charge in [0, 0.05) is 49.1 Å². The maximum Gasteiger partial charge on any atom is 0.249 e. The molecule has 3 heterocycles. The number of hydrogen-bond donors (Lipinski definition) is 1. The molecule has 1 atom stereocenters. The zero-order valence-corrected chi connectivity index (χ0v) is 18.0. The lowest BCUT2D eigenvalue weighted by Gasteiger charge is -2.30. The van der Waals surface area contributed by atoms with Gasteiger partial charge in [0.1, 0.15) is 11.9 Å². The molecule has 2 aromatic heterocycles. The Balaban J connectivity index is 1.42. The van der Waals surface area contributed by atoms with Crippen molar-refractivity contribution in [3.63, 3.8) is 0 Å². The fraction of sp³-hybridized carbons (Fsp3) is 0.583. The summed E-state index contributed by atoms with van der Waals surface area (Å²) in [5.41, 5.74) is 3.42. The molecule has 0 unspecified atom stereocenters. The number of hydrogen-bond acceptors (Lipinski definition) is 5. The van der Waals surface area contributed by atoms with E-state index in [2.05, 4.69) is 29.1 Å². The van der Waals surface area contributed by atoms with Crippen LogP contribution in [0.5, 0.6) is 0 Å². The molecular formula is C24H32N4O2. The highest BCUT2D eigenvalue weighted by molar-refractivity contribution is 5.80. The van der Waals surface area contributed by atoms with Gasteiger partial charge < -0.3 is 10.1 Å². The van der Waals surface area contributed by atoms with E-state index < -0.39 is 0 Å². The third kappa shape index (κ3) is 4.86. The average molecular weight is 409 g/mol. The molecule has 1 amide bonds. The van der Waals surface area contributed by atoms with Crippen LogP contribution in [0.4, 0.5) is 0 Å². The highest BCUT2D eigenvalue weighted by atomic mass is 16.5. The average Bonchev–Trinajstić information content (AvgIpc) is 3.33. The molecule has 30 heavy (non-hydrogen) atoms. The Morgan fingerprint density at radius 2 is 1.93 bits per heavy atom. The molecule has 0 bridgehead atoms. The lowest BCUT2D eigenvalue weighted by atomic mass is 9.79. The smallest absolute Gasteiger partial charge is 0.249 e. The van der Waals surface area contributed by atoms with Crippen LogP contribution in [-0.2, 0) is 9.53 Å². The first-order valence-electron chi connectivity index (χ1n) is 11.3. The van der Waals surface area contributed by atoms with Gasteiger partial charge in [0.15, 0.2) is 0 Å². The molecule has 1 saturated heterocycles. The lowest BCUT2D eigenvalue weighted by Crippen LogP contribution is -2.37. The van der Waals surface area contributed by atoms with Gasteiger partial charge in [0.05, 0.1) is 5.69 Å². The Hall–Kier alpha value is -2.34. The van der Waals surface area contributed by atoms with Gasteiger partial charge in [-0.25, -0.2) is 9.97 Å². The van der Waals surface area contributed by atoms with Crippen molar-refractivity contribution < 1.29 is 9.53 Å². The minimum absolute atomic E-state index is 0.0620. The molecule has 2 aromatic rings. The summed E-state index contributed by atoms with van der Waals surface area (Å²) in [5.74, 6) is 2.24. The molecule has 6 nitrogen and oxygen atoms in total. The monoisotopic (exact) mass is 408 g/mol. The minimum atomic E-state index is -0.236. The van der Waals surface area contributed by atoms with Crippen LogP contribution in [0.15, 0.2) is 30.7 Å². The van der Waals surface area contributed by atoms with E-state index in [1.54, 1.807) is 0 Å². The quantitative estimate of drug-likeness (QED) is 0.774. The highest BCUT2D eigenvalue weighted by Crippen LogP contribution is 2.39. The number of ether oxygens (including phenoxy) is 1. The number of nitrogens with zero attached hydrogens (tertiary/aromatic N) is 3. The van der Waals surface area contributed by atoms with Crippen molar-refractivity contribution in [2.75, 3.05) is 13.2 Å². The van der Waals surface area contributed by atoms with Crippen LogP contribution in [0, 0.1) is 5.92 Å². The van der Waals surface area contributed by atoms with Crippen molar-refractivity contribution in [3.05, 3.63) is 42.2 Å². The molecule has 2 fully saturated rings. The Morgan fingerprint density at radius 1 is 1.17 bits per heavy atom. The number of aromatic nitrogens is 3. The van der Waals surface area contributed by atoms with Crippen molar-refractivity contribution >= 4 is 5.91 Å². The summed E-state index contributed by atoms with van der Waals surface area (Å²) >= 11 is 0. The molecule has 0 radical (unpaired) electrons. The van der Waals surface area contributed by atoms with Gasteiger partial charge in [-0.15, -0.1) is 0 Å². The van der Waals surface area contributed by atoms with Crippen molar-refractivity contribution in [2.45, 2.75) is 70.3 Å². The summed E-state index contributed by atoms with van der Waals surface area (Å²) in [6.07, 6.45) is 11.6. The van der Waals surface area contributed by atoms with E-state index in [-0.39, 0.29) is 12.0 Å². The van der Waals surface area contributed by atoms with E-state index in [4.69, 9.17) is 9.72 Å². The molecule has 1 aliphatic heterocycles. The maximum atomic E-state index is 12.2. The fourth-order valence-electron chi connectivity index (χ4n) is 4.54. The molecular weight excluding hydrogens is 376 g/mol. The Labute approximate surface area is 178 Å². The molecule has 1 aliphatic carbocycles. The van der Waals surface area contributed by atoms with E-state index in [0.717, 1.165) is 62.0 Å². The molecule has 0 aromatic carbocycles. The largest absolute Gasteiger partial charge is 0.368 e. The van der Waals surface area contributed by atoms with Gasteiger partial charge in [-0.1, -0.05) is 13.8 Å². The van der Waals surface area contributed by atoms with Crippen LogP contribution in [0.25, 0.3) is 11.1 Å². The first-order valence-corrected chi connectivity index (χ1v) is 11.3. The zero-order valence-electron chi connectivity index (χ0n) is 18.0. The second-order valence-electron chi connectivity index (χ2n) is 8.88. The van der Waals surface area contributed by atoms with Gasteiger partial charge in [-0.2, -0.15) is 0 Å². The first-order chi connectivity index (χ1) is 14.6. The molecule has 0 spiro atoms. The SMILES string of the molecule is CC(C)c1ncc(-c2ccncc2)c(C2CCC(CNC(=O)[C@@H]3CCCO3)CC2)n1. The van der Waals surface area contributed by atoms with Crippen molar-refractivity contribution in [3.8, 4) is 11.1 Å². The van der Waals surface area contributed by atoms with E-state index >= 15 is 0 Å². The van der Waals surface area contributed by atoms with E-state index in [1.807, 2.05) is 30.7 Å². The molecule has 160 valence electrons. The number of carbonyl (C=O) groups is 1. The predicted octanol–water partition coefficient (Wildman–Crippen LogP) is 4.23. The number of nitrogens with one attached hydrogen (secondary N) is 1. The Morgan fingerprint density at radius 3 is 2.60 bits per heavy atom. The summed E-state index contributed by atoms with van der Waals surface area (Å²) in [7, 11) is 0. The van der Waals surface area contributed by atoms with Crippen LogP contribution >= 0.6 is 0 Å². The third-order valence-electron chi connectivity index (χ3n) is 6.37. The Bertz CT molecular complexity index is 842. The van der Waals surface area contributed by atoms with Crippen molar-refractivity contribution in [1.29, 1.82) is 0 Å². The van der Waals surface area contributed by atoms with E-state index in [0.29, 0.717) is 24.4 Å². The van der Waals surface area contributed by atoms with E-state index in [1.165, 1.54) is 5.69 Å². The van der Waals surface area contributed by atoms with Gasteiger partial charge in [-0.05, 0) is 62.1 Å². The lowest BCUT2D eigenvalue weighted by molar-refractivity contribution is -0.130. The van der Waals surface area contributed by atoms with Gasteiger partial charge in [0.2, 0.25) is 5.91 Å². The minimum Gasteiger partial charge on any atom is -0.368 e. The number of pyridine rings is 1. The first kappa shape index (κ1) is 20.9. The molecule has 4 rings (SSSR count). The van der Waals surface area contributed by atoms with Crippen LogP contribution in [0.1, 0.15) is 75.7 Å². The predicted molar refractivity (Wildman–Crippen MR) is 116 cm³/mol. The number of rotatable bonds is 6. The zero-order chi connectivity index (χ0) is 20.9. The molecule has 1 N–H and O–H groups in total.